The largest absolute Gasteiger partial charge is 0.381 e. The molecule has 26 heavy (non-hydrogen) atoms. The van der Waals surface area contributed by atoms with Gasteiger partial charge < -0.3 is 10.1 Å². The van der Waals surface area contributed by atoms with Crippen LogP contribution in [0, 0.1) is 6.92 Å². The summed E-state index contributed by atoms with van der Waals surface area (Å²) >= 11 is 0. The third-order valence-corrected chi connectivity index (χ3v) is 5.23. The highest BCUT2D eigenvalue weighted by atomic mass is 16.5. The van der Waals surface area contributed by atoms with Crippen LogP contribution in [0.15, 0.2) is 60.7 Å². The highest BCUT2D eigenvalue weighted by Crippen LogP contribution is 2.36. The van der Waals surface area contributed by atoms with Gasteiger partial charge in [-0.3, -0.25) is 9.78 Å². The Balaban J connectivity index is 1.72. The van der Waals surface area contributed by atoms with Crippen LogP contribution >= 0.6 is 0 Å². The van der Waals surface area contributed by atoms with Crippen LogP contribution in [0.5, 0.6) is 0 Å². The molecule has 2 heterocycles. The number of aromatic nitrogens is 1. The Hall–Kier alpha value is -2.72. The molecule has 1 aliphatic heterocycles. The maximum Gasteiger partial charge on any atom is 0.235 e. The number of pyridine rings is 1. The second-order valence-corrected chi connectivity index (χ2v) is 6.84. The van der Waals surface area contributed by atoms with E-state index in [9.17, 15) is 4.79 Å². The molecular weight excluding hydrogens is 324 g/mol. The van der Waals surface area contributed by atoms with E-state index in [2.05, 4.69) is 10.3 Å². The number of rotatable bonds is 3. The number of hydrogen-bond donors (Lipinski definition) is 1. The molecule has 1 N–H and O–H groups in total. The Kier molecular flexibility index (Phi) is 4.43. The molecule has 0 unspecified atom stereocenters. The molecule has 0 radical (unpaired) electrons. The van der Waals surface area contributed by atoms with Crippen LogP contribution < -0.4 is 5.32 Å². The fourth-order valence-corrected chi connectivity index (χ4v) is 3.73. The van der Waals surface area contributed by atoms with E-state index in [1.165, 1.54) is 0 Å². The number of ether oxygens (including phenoxy) is 1. The summed E-state index contributed by atoms with van der Waals surface area (Å²) in [7, 11) is 0. The lowest BCUT2D eigenvalue weighted by Gasteiger charge is -2.36. The number of carbonyl (C=O) groups is 1. The maximum absolute atomic E-state index is 13.4. The van der Waals surface area contributed by atoms with E-state index in [0.29, 0.717) is 26.1 Å². The number of nitrogens with zero attached hydrogens (tertiary/aromatic N) is 1. The highest BCUT2D eigenvalue weighted by molar-refractivity contribution is 6.05. The Labute approximate surface area is 153 Å². The summed E-state index contributed by atoms with van der Waals surface area (Å²) in [6, 6.07) is 19.9. The van der Waals surface area contributed by atoms with Gasteiger partial charge in [0.15, 0.2) is 0 Å². The van der Waals surface area contributed by atoms with Gasteiger partial charge >= 0.3 is 0 Å². The predicted molar refractivity (Wildman–Crippen MR) is 103 cm³/mol. The van der Waals surface area contributed by atoms with Gasteiger partial charge in [0.2, 0.25) is 5.91 Å². The van der Waals surface area contributed by atoms with Gasteiger partial charge in [0.25, 0.3) is 0 Å². The van der Waals surface area contributed by atoms with Crippen LogP contribution in [0.25, 0.3) is 10.9 Å². The number of carbonyl (C=O) groups excluding carboxylic acids is 1. The molecule has 1 aliphatic rings. The molecule has 2 aromatic carbocycles. The molecule has 0 atom stereocenters. The highest BCUT2D eigenvalue weighted by Gasteiger charge is 2.41. The zero-order valence-electron chi connectivity index (χ0n) is 14.9. The van der Waals surface area contributed by atoms with Gasteiger partial charge in [0, 0.05) is 24.3 Å². The zero-order valence-corrected chi connectivity index (χ0v) is 14.9. The van der Waals surface area contributed by atoms with E-state index >= 15 is 0 Å². The first-order valence-corrected chi connectivity index (χ1v) is 9.00. The quantitative estimate of drug-likeness (QED) is 0.772. The summed E-state index contributed by atoms with van der Waals surface area (Å²) in [6.07, 6.45) is 1.37. The van der Waals surface area contributed by atoms with Crippen molar-refractivity contribution >= 4 is 22.5 Å². The number of aryl methyl sites for hydroxylation is 1. The molecule has 4 rings (SSSR count). The molecule has 3 aromatic rings. The van der Waals surface area contributed by atoms with Crippen LogP contribution in [0.1, 0.15) is 24.1 Å². The number of nitrogens with one attached hydrogen (secondary N) is 1. The number of hydrogen-bond acceptors (Lipinski definition) is 3. The molecule has 0 bridgehead atoms. The summed E-state index contributed by atoms with van der Waals surface area (Å²) in [4.78, 5) is 18.0. The van der Waals surface area contributed by atoms with Crippen molar-refractivity contribution in [1.82, 2.24) is 4.98 Å². The van der Waals surface area contributed by atoms with E-state index in [1.54, 1.807) is 0 Å². The number of benzene rings is 2. The number of anilines is 1. The third kappa shape index (κ3) is 2.97. The van der Waals surface area contributed by atoms with Crippen LogP contribution in [-0.4, -0.2) is 24.1 Å². The van der Waals surface area contributed by atoms with Gasteiger partial charge in [-0.25, -0.2) is 0 Å². The van der Waals surface area contributed by atoms with Gasteiger partial charge in [-0.15, -0.1) is 0 Å². The fraction of sp³-hybridized carbons (Fsp3) is 0.273. The van der Waals surface area contributed by atoms with Crippen molar-refractivity contribution in [2.75, 3.05) is 18.5 Å². The Bertz CT molecular complexity index is 931. The van der Waals surface area contributed by atoms with E-state index in [0.717, 1.165) is 27.8 Å². The Morgan fingerprint density at radius 1 is 1.00 bits per heavy atom. The smallest absolute Gasteiger partial charge is 0.235 e. The van der Waals surface area contributed by atoms with Crippen molar-refractivity contribution in [3.8, 4) is 0 Å². The maximum atomic E-state index is 13.4. The summed E-state index contributed by atoms with van der Waals surface area (Å²) in [6.45, 7) is 3.16. The fourth-order valence-electron chi connectivity index (χ4n) is 3.73. The third-order valence-electron chi connectivity index (χ3n) is 5.23. The minimum Gasteiger partial charge on any atom is -0.381 e. The molecule has 0 aliphatic carbocycles. The van der Waals surface area contributed by atoms with Gasteiger partial charge in [0.05, 0.1) is 16.6 Å². The molecule has 1 amide bonds. The Morgan fingerprint density at radius 3 is 2.54 bits per heavy atom. The van der Waals surface area contributed by atoms with E-state index in [1.807, 2.05) is 67.6 Å². The molecular formula is C22H22N2O2. The zero-order chi connectivity index (χ0) is 18.0. The second-order valence-electron chi connectivity index (χ2n) is 6.84. The molecule has 1 aromatic heterocycles. The first-order valence-electron chi connectivity index (χ1n) is 9.00. The van der Waals surface area contributed by atoms with E-state index in [4.69, 9.17) is 4.74 Å². The van der Waals surface area contributed by atoms with Crippen molar-refractivity contribution in [2.24, 2.45) is 0 Å². The average Bonchev–Trinajstić information content (AvgIpc) is 2.69. The lowest BCUT2D eigenvalue weighted by Crippen LogP contribution is -2.44. The molecule has 0 spiro atoms. The Morgan fingerprint density at radius 2 is 1.77 bits per heavy atom. The molecule has 4 nitrogen and oxygen atoms in total. The lowest BCUT2D eigenvalue weighted by molar-refractivity contribution is -0.125. The first-order chi connectivity index (χ1) is 12.7. The second kappa shape index (κ2) is 6.89. The number of fused-ring (bicyclic) bond motifs is 1. The number of amides is 1. The molecule has 1 fully saturated rings. The van der Waals surface area contributed by atoms with Gasteiger partial charge in [0.1, 0.15) is 0 Å². The van der Waals surface area contributed by atoms with Gasteiger partial charge in [-0.1, -0.05) is 36.4 Å². The molecule has 132 valence electrons. The first kappa shape index (κ1) is 16.7. The van der Waals surface area contributed by atoms with Crippen molar-refractivity contribution < 1.29 is 9.53 Å². The van der Waals surface area contributed by atoms with Gasteiger partial charge in [-0.2, -0.15) is 0 Å². The summed E-state index contributed by atoms with van der Waals surface area (Å²) in [5.74, 6) is 0.0278. The molecule has 0 saturated carbocycles. The summed E-state index contributed by atoms with van der Waals surface area (Å²) < 4.78 is 5.54. The average molecular weight is 346 g/mol. The minimum atomic E-state index is -0.556. The molecule has 4 heteroatoms. The van der Waals surface area contributed by atoms with E-state index in [-0.39, 0.29) is 5.91 Å². The molecule has 1 saturated heterocycles. The van der Waals surface area contributed by atoms with Crippen molar-refractivity contribution in [3.05, 3.63) is 71.9 Å². The SMILES string of the molecule is Cc1ccc2c(NC(=O)C3(c4ccccc4)CCOCC3)cccc2n1. The summed E-state index contributed by atoms with van der Waals surface area (Å²) in [5, 5.41) is 4.14. The monoisotopic (exact) mass is 346 g/mol. The minimum absolute atomic E-state index is 0.0278. The summed E-state index contributed by atoms with van der Waals surface area (Å²) in [5.41, 5.74) is 3.16. The van der Waals surface area contributed by atoms with Crippen LogP contribution in [0.2, 0.25) is 0 Å². The van der Waals surface area contributed by atoms with Crippen LogP contribution in [0.4, 0.5) is 5.69 Å². The van der Waals surface area contributed by atoms with Crippen molar-refractivity contribution in [2.45, 2.75) is 25.2 Å². The predicted octanol–water partition coefficient (Wildman–Crippen LogP) is 4.23. The van der Waals surface area contributed by atoms with Crippen molar-refractivity contribution in [3.63, 3.8) is 0 Å². The van der Waals surface area contributed by atoms with Crippen molar-refractivity contribution in [1.29, 1.82) is 0 Å². The topological polar surface area (TPSA) is 51.2 Å². The van der Waals surface area contributed by atoms with Gasteiger partial charge in [-0.05, 0) is 49.6 Å². The van der Waals surface area contributed by atoms with Crippen LogP contribution in [-0.2, 0) is 14.9 Å². The standard InChI is InChI=1S/C22H22N2O2/c1-16-10-11-18-19(23-16)8-5-9-20(18)24-21(25)22(12-14-26-15-13-22)17-6-3-2-4-7-17/h2-11H,12-15H2,1H3,(H,24,25). The lowest BCUT2D eigenvalue weighted by atomic mass is 9.73. The van der Waals surface area contributed by atoms with E-state index < -0.39 is 5.41 Å². The van der Waals surface area contributed by atoms with Crippen LogP contribution in [0.3, 0.4) is 0 Å². The normalized spacial score (nSPS) is 16.3.